The number of carbonyl (C=O) groups is 1. The summed E-state index contributed by atoms with van der Waals surface area (Å²) in [6.45, 7) is 3.72. The molecule has 0 aliphatic heterocycles. The van der Waals surface area contributed by atoms with Crippen LogP contribution in [0.4, 0.5) is 10.1 Å². The first-order valence-electron chi connectivity index (χ1n) is 11.7. The second kappa shape index (κ2) is 10.5. The summed E-state index contributed by atoms with van der Waals surface area (Å²) in [7, 11) is -4.11. The Morgan fingerprint density at radius 3 is 2.40 bits per heavy atom. The Labute approximate surface area is 205 Å². The first-order valence-corrected chi connectivity index (χ1v) is 13.1. The van der Waals surface area contributed by atoms with Gasteiger partial charge in [-0.2, -0.15) is 0 Å². The van der Waals surface area contributed by atoms with E-state index in [1.807, 2.05) is 19.9 Å². The number of benzene rings is 3. The minimum absolute atomic E-state index is 0.00440. The number of anilines is 1. The highest BCUT2D eigenvalue weighted by atomic mass is 32.2. The predicted molar refractivity (Wildman–Crippen MR) is 134 cm³/mol. The summed E-state index contributed by atoms with van der Waals surface area (Å²) >= 11 is 0. The third-order valence-electron chi connectivity index (χ3n) is 6.12. The molecule has 0 saturated heterocycles. The van der Waals surface area contributed by atoms with E-state index in [2.05, 4.69) is 17.4 Å². The highest BCUT2D eigenvalue weighted by Crippen LogP contribution is 2.27. The highest BCUT2D eigenvalue weighted by Gasteiger charge is 2.28. The van der Waals surface area contributed by atoms with Crippen LogP contribution < -0.4 is 14.4 Å². The van der Waals surface area contributed by atoms with Crippen LogP contribution in [0.2, 0.25) is 0 Å². The van der Waals surface area contributed by atoms with Crippen molar-refractivity contribution >= 4 is 21.6 Å². The lowest BCUT2D eigenvalue weighted by atomic mass is 10.0. The molecule has 1 unspecified atom stereocenters. The Hall–Kier alpha value is -3.39. The van der Waals surface area contributed by atoms with Gasteiger partial charge in [0.25, 0.3) is 10.0 Å². The van der Waals surface area contributed by atoms with E-state index in [0.29, 0.717) is 12.4 Å². The minimum atomic E-state index is -4.11. The molecule has 4 rings (SSSR count). The number of nitrogens with zero attached hydrogens (tertiary/aromatic N) is 1. The van der Waals surface area contributed by atoms with Crippen molar-refractivity contribution in [2.45, 2.75) is 44.0 Å². The van der Waals surface area contributed by atoms with Gasteiger partial charge in [-0.25, -0.2) is 12.8 Å². The molecule has 0 aromatic heterocycles. The molecule has 184 valence electrons. The minimum Gasteiger partial charge on any atom is -0.494 e. The van der Waals surface area contributed by atoms with Crippen molar-refractivity contribution in [1.29, 1.82) is 0 Å². The van der Waals surface area contributed by atoms with Gasteiger partial charge in [-0.3, -0.25) is 9.10 Å². The summed E-state index contributed by atoms with van der Waals surface area (Å²) in [5.74, 6) is -0.417. The van der Waals surface area contributed by atoms with Crippen LogP contribution in [0.5, 0.6) is 5.75 Å². The highest BCUT2D eigenvalue weighted by molar-refractivity contribution is 7.92. The number of aryl methyl sites for hydroxylation is 2. The maximum absolute atomic E-state index is 13.5. The Bertz CT molecular complexity index is 1290. The lowest BCUT2D eigenvalue weighted by Crippen LogP contribution is -2.41. The van der Waals surface area contributed by atoms with Crippen molar-refractivity contribution in [3.8, 4) is 5.75 Å². The van der Waals surface area contributed by atoms with Crippen LogP contribution >= 0.6 is 0 Å². The van der Waals surface area contributed by atoms with Gasteiger partial charge in [0, 0.05) is 0 Å². The summed E-state index contributed by atoms with van der Waals surface area (Å²) in [6, 6.07) is 16.9. The van der Waals surface area contributed by atoms with Crippen LogP contribution in [-0.2, 0) is 27.7 Å². The maximum atomic E-state index is 13.5. The van der Waals surface area contributed by atoms with E-state index in [4.69, 9.17) is 4.74 Å². The number of nitrogens with one attached hydrogen (secondary N) is 1. The van der Waals surface area contributed by atoms with Gasteiger partial charge in [-0.1, -0.05) is 18.2 Å². The third kappa shape index (κ3) is 5.65. The number of fused-ring (bicyclic) bond motifs is 1. The van der Waals surface area contributed by atoms with Crippen molar-refractivity contribution in [2.75, 3.05) is 17.5 Å². The molecule has 0 heterocycles. The number of sulfonamides is 1. The summed E-state index contributed by atoms with van der Waals surface area (Å²) in [5.41, 5.74) is 3.81. The fourth-order valence-electron chi connectivity index (χ4n) is 4.29. The predicted octanol–water partition coefficient (Wildman–Crippen LogP) is 4.79. The second-order valence-corrected chi connectivity index (χ2v) is 10.4. The van der Waals surface area contributed by atoms with Crippen LogP contribution in [0.3, 0.4) is 0 Å². The number of hydrogen-bond donors (Lipinski definition) is 1. The molecule has 1 aliphatic rings. The molecule has 3 aromatic carbocycles. The normalized spacial score (nSPS) is 13.7. The van der Waals surface area contributed by atoms with Crippen LogP contribution in [0.15, 0.2) is 71.6 Å². The molecule has 6 nitrogen and oxygen atoms in total. The number of ether oxygens (including phenoxy) is 1. The summed E-state index contributed by atoms with van der Waals surface area (Å²) in [4.78, 5) is 13.0. The maximum Gasteiger partial charge on any atom is 0.264 e. The van der Waals surface area contributed by atoms with Crippen LogP contribution in [0.25, 0.3) is 0 Å². The van der Waals surface area contributed by atoms with Gasteiger partial charge in [0.15, 0.2) is 0 Å². The zero-order valence-electron chi connectivity index (χ0n) is 19.8. The second-order valence-electron chi connectivity index (χ2n) is 8.56. The van der Waals surface area contributed by atoms with E-state index in [-0.39, 0.29) is 16.6 Å². The van der Waals surface area contributed by atoms with Crippen LogP contribution in [0, 0.1) is 5.82 Å². The smallest absolute Gasteiger partial charge is 0.264 e. The van der Waals surface area contributed by atoms with Gasteiger partial charge in [0.05, 0.1) is 23.2 Å². The Morgan fingerprint density at radius 1 is 1.03 bits per heavy atom. The number of carbonyl (C=O) groups excluding carboxylic acids is 1. The largest absolute Gasteiger partial charge is 0.494 e. The molecule has 0 saturated carbocycles. The lowest BCUT2D eigenvalue weighted by molar-refractivity contribution is -0.120. The molecular formula is C27H29FN2O4S. The number of rotatable bonds is 9. The topological polar surface area (TPSA) is 75.7 Å². The van der Waals surface area contributed by atoms with Crippen molar-refractivity contribution in [3.05, 3.63) is 89.2 Å². The van der Waals surface area contributed by atoms with E-state index in [9.17, 15) is 17.6 Å². The lowest BCUT2D eigenvalue weighted by Gasteiger charge is -2.25. The summed E-state index contributed by atoms with van der Waals surface area (Å²) in [6.07, 6.45) is 3.24. The van der Waals surface area contributed by atoms with Crippen molar-refractivity contribution in [2.24, 2.45) is 0 Å². The SMILES string of the molecule is CCOc1ccc(S(=O)(=O)N(CC(=O)NC(C)c2ccc3c(c2)CCC3)c2ccc(F)cc2)cc1. The standard InChI is InChI=1S/C27H29FN2O4S/c1-3-34-25-13-15-26(16-14-25)35(32,33)30(24-11-9-23(28)10-12-24)18-27(31)29-19(2)21-8-7-20-5-4-6-22(20)17-21/h7-17,19H,3-6,18H2,1-2H3,(H,29,31). The molecule has 8 heteroatoms. The summed E-state index contributed by atoms with van der Waals surface area (Å²) in [5, 5.41) is 2.91. The first-order chi connectivity index (χ1) is 16.8. The van der Waals surface area contributed by atoms with Gasteiger partial charge >= 0.3 is 0 Å². The molecule has 35 heavy (non-hydrogen) atoms. The molecule has 1 atom stereocenters. The number of halogens is 1. The summed E-state index contributed by atoms with van der Waals surface area (Å²) < 4.78 is 47.0. The fraction of sp³-hybridized carbons (Fsp3) is 0.296. The molecule has 0 spiro atoms. The molecular weight excluding hydrogens is 467 g/mol. The zero-order valence-corrected chi connectivity index (χ0v) is 20.6. The average molecular weight is 497 g/mol. The Kier molecular flexibility index (Phi) is 7.40. The van der Waals surface area contributed by atoms with E-state index >= 15 is 0 Å². The van der Waals surface area contributed by atoms with E-state index in [1.165, 1.54) is 47.5 Å². The molecule has 0 fully saturated rings. The van der Waals surface area contributed by atoms with Gasteiger partial charge in [-0.15, -0.1) is 0 Å². The number of amides is 1. The molecule has 0 radical (unpaired) electrons. The van der Waals surface area contributed by atoms with Gasteiger partial charge in [-0.05, 0) is 98.3 Å². The molecule has 3 aromatic rings. The monoisotopic (exact) mass is 496 g/mol. The first kappa shape index (κ1) is 24.7. The molecule has 1 amide bonds. The number of hydrogen-bond acceptors (Lipinski definition) is 4. The van der Waals surface area contributed by atoms with E-state index < -0.39 is 28.3 Å². The van der Waals surface area contributed by atoms with Crippen molar-refractivity contribution in [3.63, 3.8) is 0 Å². The van der Waals surface area contributed by atoms with Crippen LogP contribution in [0.1, 0.15) is 43.0 Å². The zero-order chi connectivity index (χ0) is 25.0. The van der Waals surface area contributed by atoms with Gasteiger partial charge in [0.2, 0.25) is 5.91 Å². The fourth-order valence-corrected chi connectivity index (χ4v) is 5.71. The average Bonchev–Trinajstić information content (AvgIpc) is 3.32. The van der Waals surface area contributed by atoms with E-state index in [0.717, 1.165) is 29.1 Å². The van der Waals surface area contributed by atoms with Crippen molar-refractivity contribution in [1.82, 2.24) is 5.32 Å². The third-order valence-corrected chi connectivity index (χ3v) is 7.91. The molecule has 1 aliphatic carbocycles. The quantitative estimate of drug-likeness (QED) is 0.462. The molecule has 1 N–H and O–H groups in total. The van der Waals surface area contributed by atoms with Gasteiger partial charge < -0.3 is 10.1 Å². The Morgan fingerprint density at radius 2 is 1.71 bits per heavy atom. The Balaban J connectivity index is 1.56. The van der Waals surface area contributed by atoms with Crippen molar-refractivity contribution < 1.29 is 22.3 Å². The van der Waals surface area contributed by atoms with Gasteiger partial charge in [0.1, 0.15) is 18.1 Å². The molecule has 0 bridgehead atoms. The van der Waals surface area contributed by atoms with Crippen LogP contribution in [-0.4, -0.2) is 27.5 Å². The van der Waals surface area contributed by atoms with E-state index in [1.54, 1.807) is 12.1 Å².